The summed E-state index contributed by atoms with van der Waals surface area (Å²) in [5, 5.41) is 2.18. The molecule has 5 aromatic rings. The molecule has 0 N–H and O–H groups in total. The number of thiophene rings is 2. The van der Waals surface area contributed by atoms with Crippen LogP contribution in [0.3, 0.4) is 0 Å². The lowest BCUT2D eigenvalue weighted by atomic mass is 9.76. The average Bonchev–Trinajstić information content (AvgIpc) is 3.84. The number of rotatable bonds is 4. The van der Waals surface area contributed by atoms with Crippen LogP contribution in [0.1, 0.15) is 60.7 Å². The fraction of sp³-hybridized carbons (Fsp3) is 0.200. The predicted molar refractivity (Wildman–Crippen MR) is 184 cm³/mol. The van der Waals surface area contributed by atoms with Crippen LogP contribution in [0.15, 0.2) is 131 Å². The third kappa shape index (κ3) is 3.81. The summed E-state index contributed by atoms with van der Waals surface area (Å²) >= 11 is 3.76. The van der Waals surface area contributed by atoms with E-state index in [1.54, 1.807) is 11.1 Å². The number of anilines is 1. The Morgan fingerprint density at radius 2 is 1.56 bits per heavy atom. The molecule has 1 aliphatic heterocycles. The van der Waals surface area contributed by atoms with Crippen LogP contribution in [0.25, 0.3) is 26.5 Å². The summed E-state index contributed by atoms with van der Waals surface area (Å²) in [6.45, 7) is 4.80. The van der Waals surface area contributed by atoms with E-state index in [0.717, 1.165) is 12.8 Å². The molecule has 0 spiro atoms. The van der Waals surface area contributed by atoms with Crippen molar-refractivity contribution in [1.82, 2.24) is 0 Å². The molecule has 3 aliphatic carbocycles. The summed E-state index contributed by atoms with van der Waals surface area (Å²) in [7, 11) is 0. The van der Waals surface area contributed by atoms with E-state index in [1.807, 2.05) is 22.7 Å². The van der Waals surface area contributed by atoms with Gasteiger partial charge in [-0.05, 0) is 99.5 Å². The first-order valence-electron chi connectivity index (χ1n) is 15.5. The Morgan fingerprint density at radius 1 is 0.744 bits per heavy atom. The lowest BCUT2D eigenvalue weighted by Gasteiger charge is -2.33. The molecule has 210 valence electrons. The first-order valence-corrected chi connectivity index (χ1v) is 17.2. The summed E-state index contributed by atoms with van der Waals surface area (Å²) < 4.78 is 0. The van der Waals surface area contributed by atoms with Crippen molar-refractivity contribution in [3.63, 3.8) is 0 Å². The van der Waals surface area contributed by atoms with E-state index in [1.165, 1.54) is 65.8 Å². The van der Waals surface area contributed by atoms with E-state index in [-0.39, 0.29) is 11.5 Å². The van der Waals surface area contributed by atoms with Crippen molar-refractivity contribution in [3.05, 3.63) is 153 Å². The van der Waals surface area contributed by atoms with Gasteiger partial charge < -0.3 is 4.90 Å². The lowest BCUT2D eigenvalue weighted by molar-refractivity contribution is 0.607. The van der Waals surface area contributed by atoms with Crippen LogP contribution in [0.2, 0.25) is 0 Å². The smallest absolute Gasteiger partial charge is 0.0692 e. The molecule has 9 rings (SSSR count). The molecule has 43 heavy (non-hydrogen) atoms. The summed E-state index contributed by atoms with van der Waals surface area (Å²) in [6, 6.07) is 36.8. The van der Waals surface area contributed by atoms with Gasteiger partial charge in [-0.1, -0.05) is 92.7 Å². The number of nitrogens with zero attached hydrogens (tertiary/aromatic N) is 1. The molecule has 0 saturated carbocycles. The lowest BCUT2D eigenvalue weighted by Crippen LogP contribution is -2.27. The van der Waals surface area contributed by atoms with Gasteiger partial charge in [-0.25, -0.2) is 0 Å². The number of hydrogen-bond acceptors (Lipinski definition) is 3. The zero-order valence-electron chi connectivity index (χ0n) is 24.5. The van der Waals surface area contributed by atoms with Gasteiger partial charge in [-0.3, -0.25) is 0 Å². The van der Waals surface area contributed by atoms with Gasteiger partial charge >= 0.3 is 0 Å². The van der Waals surface area contributed by atoms with Gasteiger partial charge in [0, 0.05) is 37.3 Å². The molecule has 0 fully saturated rings. The van der Waals surface area contributed by atoms with Gasteiger partial charge in [0.2, 0.25) is 0 Å². The summed E-state index contributed by atoms with van der Waals surface area (Å²) in [4.78, 5) is 6.81. The molecule has 0 amide bonds. The maximum Gasteiger partial charge on any atom is 0.0692 e. The number of hydrogen-bond donors (Lipinski definition) is 0. The fourth-order valence-electron chi connectivity index (χ4n) is 8.16. The van der Waals surface area contributed by atoms with E-state index < -0.39 is 0 Å². The highest BCUT2D eigenvalue weighted by atomic mass is 32.1. The van der Waals surface area contributed by atoms with Crippen molar-refractivity contribution in [1.29, 1.82) is 0 Å². The zero-order chi connectivity index (χ0) is 28.7. The topological polar surface area (TPSA) is 3.24 Å². The summed E-state index contributed by atoms with van der Waals surface area (Å²) in [5.41, 5.74) is 14.5. The van der Waals surface area contributed by atoms with Gasteiger partial charge in [0.1, 0.15) is 0 Å². The van der Waals surface area contributed by atoms with Crippen molar-refractivity contribution in [3.8, 4) is 20.9 Å². The molecule has 4 aliphatic rings. The second-order valence-electron chi connectivity index (χ2n) is 12.8. The zero-order valence-corrected chi connectivity index (χ0v) is 26.1. The van der Waals surface area contributed by atoms with Crippen LogP contribution < -0.4 is 4.90 Å². The van der Waals surface area contributed by atoms with Crippen molar-refractivity contribution in [2.45, 2.75) is 44.6 Å². The minimum atomic E-state index is -0.0149. The molecule has 3 aromatic carbocycles. The molecule has 0 radical (unpaired) electrons. The van der Waals surface area contributed by atoms with Crippen LogP contribution in [0, 0.1) is 5.92 Å². The monoisotopic (exact) mass is 591 g/mol. The van der Waals surface area contributed by atoms with Gasteiger partial charge in [0.15, 0.2) is 0 Å². The minimum Gasteiger partial charge on any atom is -0.336 e. The standard InChI is InChI=1S/C40H33NS2/c1-40(2)32-14-7-6-13-29(32)30-18-17-26(24-33(30)40)39-31-23-27(35-19-20-37(43-35)36-16-9-21-42-36)22-25-10-8-15-34(38(25)31)41(39)28-11-4-3-5-12-28/h3-7,9,11-14,16-24,31,39H,8,10,15H2,1-2H3. The molecule has 0 bridgehead atoms. The van der Waals surface area contributed by atoms with E-state index in [2.05, 4.69) is 133 Å². The van der Waals surface area contributed by atoms with Crippen molar-refractivity contribution < 1.29 is 0 Å². The number of benzene rings is 3. The SMILES string of the molecule is CC1(C)c2ccccc2-c2ccc(C3C4C=C(c5ccc(-c6cccs6)s5)C=C5CCCC(=C54)N3c3ccccc3)cc21. The van der Waals surface area contributed by atoms with Crippen molar-refractivity contribution in [2.75, 3.05) is 4.90 Å². The Balaban J connectivity index is 1.21. The molecule has 3 heterocycles. The molecular formula is C40H33NS2. The maximum atomic E-state index is 2.70. The van der Waals surface area contributed by atoms with E-state index >= 15 is 0 Å². The van der Waals surface area contributed by atoms with Crippen LogP contribution in [0.4, 0.5) is 5.69 Å². The van der Waals surface area contributed by atoms with Gasteiger partial charge in [0.05, 0.1) is 6.04 Å². The largest absolute Gasteiger partial charge is 0.336 e. The molecule has 0 saturated heterocycles. The number of fused-ring (bicyclic) bond motifs is 3. The fourth-order valence-corrected chi connectivity index (χ4v) is 10.00. The third-order valence-electron chi connectivity index (χ3n) is 10.1. The first-order chi connectivity index (χ1) is 21.1. The molecule has 3 heteroatoms. The van der Waals surface area contributed by atoms with Crippen LogP contribution in [-0.4, -0.2) is 0 Å². The van der Waals surface area contributed by atoms with Crippen LogP contribution in [-0.2, 0) is 5.41 Å². The Kier molecular flexibility index (Phi) is 5.67. The molecule has 2 unspecified atom stereocenters. The second-order valence-corrected chi connectivity index (χ2v) is 14.8. The molecule has 2 atom stereocenters. The number of allylic oxidation sites excluding steroid dienone is 4. The highest BCUT2D eigenvalue weighted by Gasteiger charge is 2.46. The van der Waals surface area contributed by atoms with Crippen LogP contribution in [0.5, 0.6) is 0 Å². The second kappa shape index (κ2) is 9.54. The van der Waals surface area contributed by atoms with Crippen LogP contribution >= 0.6 is 22.7 Å². The quantitative estimate of drug-likeness (QED) is 0.201. The molecule has 1 nitrogen and oxygen atoms in total. The van der Waals surface area contributed by atoms with E-state index in [4.69, 9.17) is 0 Å². The first kappa shape index (κ1) is 25.6. The predicted octanol–water partition coefficient (Wildman–Crippen LogP) is 11.4. The molecular weight excluding hydrogens is 559 g/mol. The summed E-state index contributed by atoms with van der Waals surface area (Å²) in [6.07, 6.45) is 8.63. The van der Waals surface area contributed by atoms with Gasteiger partial charge in [-0.15, -0.1) is 22.7 Å². The number of para-hydroxylation sites is 1. The molecule has 2 aromatic heterocycles. The van der Waals surface area contributed by atoms with Crippen molar-refractivity contribution >= 4 is 33.9 Å². The van der Waals surface area contributed by atoms with Gasteiger partial charge in [0.25, 0.3) is 0 Å². The average molecular weight is 592 g/mol. The highest BCUT2D eigenvalue weighted by molar-refractivity contribution is 7.21. The normalized spacial score (nSPS) is 21.3. The maximum absolute atomic E-state index is 2.70. The van der Waals surface area contributed by atoms with Gasteiger partial charge in [-0.2, -0.15) is 0 Å². The van der Waals surface area contributed by atoms with E-state index in [9.17, 15) is 0 Å². The van der Waals surface area contributed by atoms with E-state index in [0.29, 0.717) is 5.92 Å². The Hall–Kier alpha value is -3.92. The Bertz CT molecular complexity index is 1980. The Morgan fingerprint density at radius 3 is 2.42 bits per heavy atom. The third-order valence-corrected chi connectivity index (χ3v) is 12.3. The van der Waals surface area contributed by atoms with Crippen molar-refractivity contribution in [2.24, 2.45) is 5.92 Å². The highest BCUT2D eigenvalue weighted by Crippen LogP contribution is 2.57. The Labute approximate surface area is 262 Å². The summed E-state index contributed by atoms with van der Waals surface area (Å²) in [5.74, 6) is 0.322. The minimum absolute atomic E-state index is 0.0149.